The molecule has 0 saturated heterocycles. The molecule has 2 aromatic rings. The SMILES string of the molecule is CCC(N)C(Oc1ccc(F)c(Br)c1)c1ccccc1Cl. The number of rotatable bonds is 5. The zero-order valence-corrected chi connectivity index (χ0v) is 13.9. The summed E-state index contributed by atoms with van der Waals surface area (Å²) in [4.78, 5) is 0. The van der Waals surface area contributed by atoms with E-state index in [1.807, 2.05) is 25.1 Å². The molecule has 0 aliphatic carbocycles. The molecule has 0 saturated carbocycles. The van der Waals surface area contributed by atoms with Crippen LogP contribution < -0.4 is 10.5 Å². The summed E-state index contributed by atoms with van der Waals surface area (Å²) >= 11 is 9.39. The minimum absolute atomic E-state index is 0.214. The summed E-state index contributed by atoms with van der Waals surface area (Å²) in [7, 11) is 0. The molecule has 2 aromatic carbocycles. The molecule has 0 radical (unpaired) electrons. The van der Waals surface area contributed by atoms with E-state index in [1.165, 1.54) is 6.07 Å². The van der Waals surface area contributed by atoms with Crippen molar-refractivity contribution in [2.24, 2.45) is 5.73 Å². The van der Waals surface area contributed by atoms with Gasteiger partial charge in [-0.25, -0.2) is 4.39 Å². The van der Waals surface area contributed by atoms with Gasteiger partial charge in [-0.2, -0.15) is 0 Å². The van der Waals surface area contributed by atoms with Crippen molar-refractivity contribution in [3.8, 4) is 5.75 Å². The van der Waals surface area contributed by atoms with E-state index in [1.54, 1.807) is 18.2 Å². The van der Waals surface area contributed by atoms with E-state index < -0.39 is 0 Å². The van der Waals surface area contributed by atoms with E-state index in [4.69, 9.17) is 22.1 Å². The molecule has 0 amide bonds. The Bertz CT molecular complexity index is 623. The number of hydrogen-bond donors (Lipinski definition) is 1. The quantitative estimate of drug-likeness (QED) is 0.792. The van der Waals surface area contributed by atoms with E-state index in [-0.39, 0.29) is 18.0 Å². The maximum Gasteiger partial charge on any atom is 0.140 e. The van der Waals surface area contributed by atoms with Crippen molar-refractivity contribution in [1.29, 1.82) is 0 Å². The fraction of sp³-hybridized carbons (Fsp3) is 0.250. The van der Waals surface area contributed by atoms with Crippen LogP contribution in [0.5, 0.6) is 5.75 Å². The van der Waals surface area contributed by atoms with Gasteiger partial charge in [0, 0.05) is 16.6 Å². The van der Waals surface area contributed by atoms with E-state index in [9.17, 15) is 4.39 Å². The number of ether oxygens (including phenoxy) is 1. The van der Waals surface area contributed by atoms with Crippen molar-refractivity contribution in [2.75, 3.05) is 0 Å². The summed E-state index contributed by atoms with van der Waals surface area (Å²) in [6.07, 6.45) is 0.346. The smallest absolute Gasteiger partial charge is 0.140 e. The van der Waals surface area contributed by atoms with Gasteiger partial charge < -0.3 is 10.5 Å². The molecule has 2 atom stereocenters. The molecule has 2 N–H and O–H groups in total. The molecule has 0 fully saturated rings. The lowest BCUT2D eigenvalue weighted by atomic mass is 10.0. The van der Waals surface area contributed by atoms with Crippen molar-refractivity contribution in [1.82, 2.24) is 0 Å². The first-order valence-corrected chi connectivity index (χ1v) is 7.81. The highest BCUT2D eigenvalue weighted by Crippen LogP contribution is 2.31. The topological polar surface area (TPSA) is 35.2 Å². The normalized spacial score (nSPS) is 13.8. The first kappa shape index (κ1) is 16.3. The molecule has 21 heavy (non-hydrogen) atoms. The zero-order valence-electron chi connectivity index (χ0n) is 11.5. The van der Waals surface area contributed by atoms with Gasteiger partial charge in [0.05, 0.1) is 4.47 Å². The highest BCUT2D eigenvalue weighted by atomic mass is 79.9. The van der Waals surface area contributed by atoms with Crippen LogP contribution >= 0.6 is 27.5 Å². The Hall–Kier alpha value is -1.10. The van der Waals surface area contributed by atoms with Gasteiger partial charge in [-0.05, 0) is 46.6 Å². The van der Waals surface area contributed by atoms with Crippen LogP contribution in [-0.4, -0.2) is 6.04 Å². The van der Waals surface area contributed by atoms with Crippen LogP contribution in [0, 0.1) is 5.82 Å². The summed E-state index contributed by atoms with van der Waals surface area (Å²) in [5.41, 5.74) is 6.99. The van der Waals surface area contributed by atoms with Crippen LogP contribution in [0.4, 0.5) is 4.39 Å². The van der Waals surface area contributed by atoms with Crippen molar-refractivity contribution >= 4 is 27.5 Å². The summed E-state index contributed by atoms with van der Waals surface area (Å²) in [6.45, 7) is 1.98. The van der Waals surface area contributed by atoms with Crippen LogP contribution in [0.2, 0.25) is 5.02 Å². The second kappa shape index (κ2) is 7.25. The fourth-order valence-electron chi connectivity index (χ4n) is 2.00. The van der Waals surface area contributed by atoms with Gasteiger partial charge in [-0.15, -0.1) is 0 Å². The lowest BCUT2D eigenvalue weighted by Gasteiger charge is -2.25. The Morgan fingerprint density at radius 3 is 2.62 bits per heavy atom. The van der Waals surface area contributed by atoms with Crippen molar-refractivity contribution in [3.63, 3.8) is 0 Å². The average molecular weight is 373 g/mol. The van der Waals surface area contributed by atoms with Gasteiger partial charge in [0.15, 0.2) is 0 Å². The number of nitrogens with two attached hydrogens (primary N) is 1. The second-order valence-corrected chi connectivity index (χ2v) is 5.97. The van der Waals surface area contributed by atoms with Gasteiger partial charge in [0.25, 0.3) is 0 Å². The molecule has 2 unspecified atom stereocenters. The summed E-state index contributed by atoms with van der Waals surface area (Å²) in [5.74, 6) is 0.202. The minimum atomic E-state index is -0.388. The molecule has 2 nitrogen and oxygen atoms in total. The highest BCUT2D eigenvalue weighted by molar-refractivity contribution is 9.10. The number of halogens is 3. The molecule has 0 heterocycles. The van der Waals surface area contributed by atoms with E-state index >= 15 is 0 Å². The lowest BCUT2D eigenvalue weighted by molar-refractivity contribution is 0.171. The standard InChI is InChI=1S/C16H16BrClFNO/c1-2-15(20)16(11-5-3-4-6-13(11)18)21-10-7-8-14(19)12(17)9-10/h3-9,15-16H,2,20H2,1H3. The Labute approximate surface area is 137 Å². The maximum absolute atomic E-state index is 13.3. The largest absolute Gasteiger partial charge is 0.484 e. The summed E-state index contributed by atoms with van der Waals surface area (Å²) in [6, 6.07) is 11.7. The fourth-order valence-corrected chi connectivity index (χ4v) is 2.60. The van der Waals surface area contributed by atoms with Gasteiger partial charge in [0.1, 0.15) is 17.7 Å². The van der Waals surface area contributed by atoms with Crippen LogP contribution in [-0.2, 0) is 0 Å². The van der Waals surface area contributed by atoms with Gasteiger partial charge in [-0.1, -0.05) is 36.7 Å². The van der Waals surface area contributed by atoms with E-state index in [2.05, 4.69) is 15.9 Å². The van der Waals surface area contributed by atoms with Crippen LogP contribution in [0.15, 0.2) is 46.9 Å². The van der Waals surface area contributed by atoms with E-state index in [0.29, 0.717) is 15.2 Å². The Morgan fingerprint density at radius 2 is 2.00 bits per heavy atom. The highest BCUT2D eigenvalue weighted by Gasteiger charge is 2.23. The molecule has 0 aromatic heterocycles. The maximum atomic E-state index is 13.3. The molecular formula is C16H16BrClFNO. The van der Waals surface area contributed by atoms with Gasteiger partial charge >= 0.3 is 0 Å². The van der Waals surface area contributed by atoms with Crippen molar-refractivity contribution in [2.45, 2.75) is 25.5 Å². The molecule has 0 aliphatic heterocycles. The molecule has 0 spiro atoms. The van der Waals surface area contributed by atoms with Crippen LogP contribution in [0.25, 0.3) is 0 Å². The van der Waals surface area contributed by atoms with E-state index in [0.717, 1.165) is 12.0 Å². The molecule has 112 valence electrons. The lowest BCUT2D eigenvalue weighted by Crippen LogP contribution is -2.31. The van der Waals surface area contributed by atoms with Crippen molar-refractivity contribution in [3.05, 3.63) is 63.3 Å². The Balaban J connectivity index is 2.33. The molecular weight excluding hydrogens is 357 g/mol. The third-order valence-electron chi connectivity index (χ3n) is 3.23. The Morgan fingerprint density at radius 1 is 1.29 bits per heavy atom. The summed E-state index contributed by atoms with van der Waals surface area (Å²) in [5, 5.41) is 0.604. The van der Waals surface area contributed by atoms with Crippen LogP contribution in [0.1, 0.15) is 25.0 Å². The minimum Gasteiger partial charge on any atom is -0.484 e. The predicted octanol–water partition coefficient (Wildman–Crippen LogP) is 5.10. The summed E-state index contributed by atoms with van der Waals surface area (Å²) < 4.78 is 19.6. The molecule has 0 aliphatic rings. The molecule has 2 rings (SSSR count). The third kappa shape index (κ3) is 3.96. The van der Waals surface area contributed by atoms with Crippen LogP contribution in [0.3, 0.4) is 0 Å². The first-order valence-electron chi connectivity index (χ1n) is 6.64. The van der Waals surface area contributed by atoms with Gasteiger partial charge in [-0.3, -0.25) is 0 Å². The molecule has 0 bridgehead atoms. The average Bonchev–Trinajstić information content (AvgIpc) is 2.48. The second-order valence-electron chi connectivity index (χ2n) is 4.71. The van der Waals surface area contributed by atoms with Crippen molar-refractivity contribution < 1.29 is 9.13 Å². The Kier molecular flexibility index (Phi) is 5.62. The number of hydrogen-bond acceptors (Lipinski definition) is 2. The van der Waals surface area contributed by atoms with Gasteiger partial charge in [0.2, 0.25) is 0 Å². The zero-order chi connectivity index (χ0) is 15.4. The third-order valence-corrected chi connectivity index (χ3v) is 4.18. The molecule has 5 heteroatoms. The predicted molar refractivity (Wildman–Crippen MR) is 87.2 cm³/mol. The number of benzene rings is 2. The first-order chi connectivity index (χ1) is 10.0. The monoisotopic (exact) mass is 371 g/mol.